The van der Waals surface area contributed by atoms with E-state index in [1.807, 2.05) is 30.3 Å². The number of carbonyl (C=O) groups is 1. The van der Waals surface area contributed by atoms with Crippen LogP contribution in [0.25, 0.3) is 0 Å². The molecule has 1 aromatic carbocycles. The van der Waals surface area contributed by atoms with E-state index in [0.29, 0.717) is 32.2 Å². The molecule has 0 radical (unpaired) electrons. The highest BCUT2D eigenvalue weighted by atomic mass is 16.6. The number of benzene rings is 1. The molecule has 0 atom stereocenters. The molecule has 1 amide bonds. The Bertz CT molecular complexity index is 481. The fourth-order valence-electron chi connectivity index (χ4n) is 3.02. The van der Waals surface area contributed by atoms with E-state index in [9.17, 15) is 4.79 Å². The molecule has 0 unspecified atom stereocenters. The first-order valence-electron chi connectivity index (χ1n) is 8.28. The first-order chi connectivity index (χ1) is 11.1. The fourth-order valence-corrected chi connectivity index (χ4v) is 3.02. The van der Waals surface area contributed by atoms with Gasteiger partial charge in [0.2, 0.25) is 0 Å². The van der Waals surface area contributed by atoms with Gasteiger partial charge in [0, 0.05) is 13.1 Å². The molecule has 1 aliphatic heterocycles. The maximum absolute atomic E-state index is 12.2. The zero-order chi connectivity index (χ0) is 16.7. The normalized spacial score (nSPS) is 17.3. The van der Waals surface area contributed by atoms with E-state index in [4.69, 9.17) is 14.6 Å². The van der Waals surface area contributed by atoms with Gasteiger partial charge in [0.15, 0.2) is 0 Å². The maximum Gasteiger partial charge on any atom is 0.410 e. The number of carbonyl (C=O) groups excluding carboxylic acids is 1. The first kappa shape index (κ1) is 17.8. The Hall–Kier alpha value is -1.59. The minimum atomic E-state index is -0.270. The third-order valence-electron chi connectivity index (χ3n) is 4.61. The summed E-state index contributed by atoms with van der Waals surface area (Å²) < 4.78 is 11.3. The Labute approximate surface area is 138 Å². The Balaban J connectivity index is 1.83. The summed E-state index contributed by atoms with van der Waals surface area (Å²) in [7, 11) is 0. The van der Waals surface area contributed by atoms with Crippen molar-refractivity contribution in [1.29, 1.82) is 0 Å². The van der Waals surface area contributed by atoms with E-state index in [0.717, 1.165) is 18.4 Å². The van der Waals surface area contributed by atoms with Gasteiger partial charge in [-0.15, -0.1) is 0 Å². The topological polar surface area (TPSA) is 59.0 Å². The highest BCUT2D eigenvalue weighted by molar-refractivity contribution is 5.67. The molecule has 1 saturated heterocycles. The molecule has 0 spiro atoms. The first-order valence-corrected chi connectivity index (χ1v) is 8.28. The van der Waals surface area contributed by atoms with Gasteiger partial charge in [0.1, 0.15) is 6.61 Å². The average Bonchev–Trinajstić information content (AvgIpc) is 2.59. The van der Waals surface area contributed by atoms with Crippen molar-refractivity contribution in [3.8, 4) is 0 Å². The van der Waals surface area contributed by atoms with Gasteiger partial charge in [-0.05, 0) is 24.3 Å². The molecule has 0 bridgehead atoms. The Kier molecular flexibility index (Phi) is 6.42. The second kappa shape index (κ2) is 8.31. The summed E-state index contributed by atoms with van der Waals surface area (Å²) >= 11 is 0. The predicted molar refractivity (Wildman–Crippen MR) is 88.0 cm³/mol. The van der Waals surface area contributed by atoms with E-state index >= 15 is 0 Å². The third kappa shape index (κ3) is 4.69. The zero-order valence-corrected chi connectivity index (χ0v) is 14.0. The summed E-state index contributed by atoms with van der Waals surface area (Å²) in [6, 6.07) is 9.68. The summed E-state index contributed by atoms with van der Waals surface area (Å²) in [5, 5.41) is 9.00. The van der Waals surface area contributed by atoms with Gasteiger partial charge in [-0.1, -0.05) is 44.2 Å². The van der Waals surface area contributed by atoms with Crippen LogP contribution in [0.5, 0.6) is 0 Å². The van der Waals surface area contributed by atoms with Crippen LogP contribution in [0.3, 0.4) is 0 Å². The summed E-state index contributed by atoms with van der Waals surface area (Å²) in [5.41, 5.74) is 0.736. The molecule has 1 fully saturated rings. The molecular formula is C18H27NO4. The van der Waals surface area contributed by atoms with E-state index in [1.54, 1.807) is 4.90 Å². The lowest BCUT2D eigenvalue weighted by atomic mass is 9.81. The van der Waals surface area contributed by atoms with E-state index in [-0.39, 0.29) is 18.3 Å². The molecule has 5 heteroatoms. The van der Waals surface area contributed by atoms with Gasteiger partial charge >= 0.3 is 6.09 Å². The second-order valence-corrected chi connectivity index (χ2v) is 6.32. The van der Waals surface area contributed by atoms with Crippen LogP contribution in [0.15, 0.2) is 30.3 Å². The Morgan fingerprint density at radius 2 is 1.91 bits per heavy atom. The molecule has 1 aliphatic rings. The molecule has 128 valence electrons. The highest BCUT2D eigenvalue weighted by Gasteiger charge is 2.39. The monoisotopic (exact) mass is 321 g/mol. The molecule has 0 saturated carbocycles. The van der Waals surface area contributed by atoms with Gasteiger partial charge in [-0.25, -0.2) is 4.79 Å². The molecule has 1 N–H and O–H groups in total. The van der Waals surface area contributed by atoms with Crippen LogP contribution in [-0.4, -0.2) is 48.0 Å². The van der Waals surface area contributed by atoms with E-state index in [1.165, 1.54) is 0 Å². The van der Waals surface area contributed by atoms with E-state index < -0.39 is 0 Å². The fraction of sp³-hybridized carbons (Fsp3) is 0.611. The summed E-state index contributed by atoms with van der Waals surface area (Å²) in [5.74, 6) is 0.344. The Morgan fingerprint density at radius 3 is 2.48 bits per heavy atom. The van der Waals surface area contributed by atoms with Crippen LogP contribution < -0.4 is 0 Å². The van der Waals surface area contributed by atoms with Crippen molar-refractivity contribution in [3.63, 3.8) is 0 Å². The predicted octanol–water partition coefficient (Wildman–Crippen LogP) is 2.82. The number of piperidine rings is 1. The minimum Gasteiger partial charge on any atom is -0.445 e. The minimum absolute atomic E-state index is 0.0251. The number of hydrogen-bond acceptors (Lipinski definition) is 4. The second-order valence-electron chi connectivity index (χ2n) is 6.32. The van der Waals surface area contributed by atoms with Gasteiger partial charge < -0.3 is 19.5 Å². The number of likely N-dealkylation sites (tertiary alicyclic amines) is 1. The molecule has 5 nitrogen and oxygen atoms in total. The molecule has 0 aliphatic carbocycles. The molecule has 0 aromatic heterocycles. The van der Waals surface area contributed by atoms with Crippen molar-refractivity contribution in [2.75, 3.05) is 26.3 Å². The van der Waals surface area contributed by atoms with Crippen LogP contribution in [0.1, 0.15) is 32.3 Å². The van der Waals surface area contributed by atoms with Crippen molar-refractivity contribution >= 4 is 6.09 Å². The van der Waals surface area contributed by atoms with Crippen LogP contribution >= 0.6 is 0 Å². The standard InChI is InChI=1S/C18H27NO4/c1-15(2)18(23-13-12-20)8-10-19(11-9-18)17(21)22-14-16-6-4-3-5-7-16/h3-7,15,20H,8-14H2,1-2H3. The maximum atomic E-state index is 12.2. The van der Waals surface area contributed by atoms with Crippen molar-refractivity contribution in [2.24, 2.45) is 5.92 Å². The lowest BCUT2D eigenvalue weighted by Gasteiger charge is -2.44. The highest BCUT2D eigenvalue weighted by Crippen LogP contribution is 2.33. The molecule has 1 heterocycles. The molecule has 1 aromatic rings. The molecule has 23 heavy (non-hydrogen) atoms. The lowest BCUT2D eigenvalue weighted by molar-refractivity contribution is -0.118. The van der Waals surface area contributed by atoms with Gasteiger partial charge in [-0.3, -0.25) is 0 Å². The number of amides is 1. The third-order valence-corrected chi connectivity index (χ3v) is 4.61. The summed E-state index contributed by atoms with van der Waals surface area (Å²) in [6.07, 6.45) is 1.27. The summed E-state index contributed by atoms with van der Waals surface area (Å²) in [4.78, 5) is 13.9. The smallest absolute Gasteiger partial charge is 0.410 e. The number of rotatable bonds is 6. The number of ether oxygens (including phenoxy) is 2. The van der Waals surface area contributed by atoms with Crippen molar-refractivity contribution < 1.29 is 19.4 Å². The van der Waals surface area contributed by atoms with Gasteiger partial charge in [0.25, 0.3) is 0 Å². The summed E-state index contributed by atoms with van der Waals surface area (Å²) in [6.45, 7) is 6.16. The molecule has 2 rings (SSSR count). The van der Waals surface area contributed by atoms with Crippen molar-refractivity contribution in [3.05, 3.63) is 35.9 Å². The molecular weight excluding hydrogens is 294 g/mol. The van der Waals surface area contributed by atoms with Crippen LogP contribution in [0, 0.1) is 5.92 Å². The zero-order valence-electron chi connectivity index (χ0n) is 14.0. The number of aliphatic hydroxyl groups is 1. The largest absolute Gasteiger partial charge is 0.445 e. The average molecular weight is 321 g/mol. The van der Waals surface area contributed by atoms with Gasteiger partial charge in [0.05, 0.1) is 18.8 Å². The van der Waals surface area contributed by atoms with Crippen LogP contribution in [0.4, 0.5) is 4.79 Å². The van der Waals surface area contributed by atoms with Crippen LogP contribution in [-0.2, 0) is 16.1 Å². The SMILES string of the molecule is CC(C)C1(OCCO)CCN(C(=O)OCc2ccccc2)CC1. The lowest BCUT2D eigenvalue weighted by Crippen LogP contribution is -2.51. The van der Waals surface area contributed by atoms with E-state index in [2.05, 4.69) is 13.8 Å². The quantitative estimate of drug-likeness (QED) is 0.875. The number of nitrogens with zero attached hydrogens (tertiary/aromatic N) is 1. The number of hydrogen-bond donors (Lipinski definition) is 1. The van der Waals surface area contributed by atoms with Gasteiger partial charge in [-0.2, -0.15) is 0 Å². The Morgan fingerprint density at radius 1 is 1.26 bits per heavy atom. The number of aliphatic hydroxyl groups excluding tert-OH is 1. The van der Waals surface area contributed by atoms with Crippen LogP contribution in [0.2, 0.25) is 0 Å². The van der Waals surface area contributed by atoms with Crippen molar-refractivity contribution in [2.45, 2.75) is 38.9 Å². The van der Waals surface area contributed by atoms with Crippen molar-refractivity contribution in [1.82, 2.24) is 4.90 Å².